The largest absolute Gasteiger partial charge is 0.483 e. The van der Waals surface area contributed by atoms with E-state index < -0.39 is 15.6 Å². The summed E-state index contributed by atoms with van der Waals surface area (Å²) < 4.78 is 40.8. The third-order valence-electron chi connectivity index (χ3n) is 1.07. The lowest BCUT2D eigenvalue weighted by Crippen LogP contribution is -2.00. The molecule has 0 spiro atoms. The Balaban J connectivity index is 0. The SMILES string of the molecule is CCOP(=O)(O)OP(=O)(OCC)OCC.P. The fourth-order valence-corrected chi connectivity index (χ4v) is 3.32. The molecule has 16 heavy (non-hydrogen) atoms. The molecule has 10 heteroatoms. The van der Waals surface area contributed by atoms with Gasteiger partial charge in [-0.05, 0) is 20.8 Å². The number of phosphoric acid groups is 2. The maximum absolute atomic E-state index is 11.6. The van der Waals surface area contributed by atoms with Crippen molar-refractivity contribution in [3.63, 3.8) is 0 Å². The summed E-state index contributed by atoms with van der Waals surface area (Å²) in [6.45, 7) is 4.62. The normalized spacial score (nSPS) is 15.2. The topological polar surface area (TPSA) is 91.3 Å². The first-order chi connectivity index (χ1) is 6.89. The summed E-state index contributed by atoms with van der Waals surface area (Å²) in [4.78, 5) is 9.08. The molecule has 0 saturated carbocycles. The minimum Gasteiger partial charge on any atom is -0.302 e. The van der Waals surface area contributed by atoms with Crippen molar-refractivity contribution >= 4 is 25.5 Å². The molecule has 0 aliphatic rings. The molecule has 0 aromatic carbocycles. The van der Waals surface area contributed by atoms with Gasteiger partial charge in [0.15, 0.2) is 0 Å². The van der Waals surface area contributed by atoms with Crippen molar-refractivity contribution in [2.24, 2.45) is 0 Å². The van der Waals surface area contributed by atoms with E-state index in [1.165, 1.54) is 6.92 Å². The Morgan fingerprint density at radius 3 is 1.62 bits per heavy atom. The molecule has 0 heterocycles. The monoisotopic (exact) mass is 296 g/mol. The fraction of sp³-hybridized carbons (Fsp3) is 1.00. The highest BCUT2D eigenvalue weighted by Gasteiger charge is 2.37. The van der Waals surface area contributed by atoms with Crippen LogP contribution >= 0.6 is 25.5 Å². The fourth-order valence-electron chi connectivity index (χ4n) is 0.714. The summed E-state index contributed by atoms with van der Waals surface area (Å²) in [6.07, 6.45) is 0. The summed E-state index contributed by atoms with van der Waals surface area (Å²) in [5, 5.41) is 0. The second-order valence-electron chi connectivity index (χ2n) is 2.25. The van der Waals surface area contributed by atoms with Crippen molar-refractivity contribution in [2.45, 2.75) is 20.8 Å². The first-order valence-electron chi connectivity index (χ1n) is 4.47. The van der Waals surface area contributed by atoms with Gasteiger partial charge in [-0.15, -0.1) is 0 Å². The number of phosphoric ester groups is 2. The molecule has 0 saturated heterocycles. The Morgan fingerprint density at radius 2 is 1.31 bits per heavy atom. The van der Waals surface area contributed by atoms with Gasteiger partial charge in [-0.2, -0.15) is 14.2 Å². The van der Waals surface area contributed by atoms with Gasteiger partial charge in [-0.3, -0.25) is 13.6 Å². The van der Waals surface area contributed by atoms with Gasteiger partial charge in [-0.25, -0.2) is 9.13 Å². The zero-order chi connectivity index (χ0) is 11.9. The lowest BCUT2D eigenvalue weighted by molar-refractivity contribution is 0.136. The van der Waals surface area contributed by atoms with Gasteiger partial charge in [0.1, 0.15) is 0 Å². The van der Waals surface area contributed by atoms with Crippen molar-refractivity contribution in [1.29, 1.82) is 0 Å². The highest BCUT2D eigenvalue weighted by molar-refractivity contribution is 7.61. The van der Waals surface area contributed by atoms with Crippen molar-refractivity contribution in [1.82, 2.24) is 0 Å². The average molecular weight is 296 g/mol. The van der Waals surface area contributed by atoms with E-state index in [2.05, 4.69) is 17.9 Å². The Bertz CT molecular complexity index is 259. The van der Waals surface area contributed by atoms with E-state index in [1.807, 2.05) is 0 Å². The maximum Gasteiger partial charge on any atom is 0.483 e. The molecule has 7 nitrogen and oxygen atoms in total. The van der Waals surface area contributed by atoms with Gasteiger partial charge in [0.2, 0.25) is 0 Å². The van der Waals surface area contributed by atoms with Crippen LogP contribution in [0.1, 0.15) is 20.8 Å². The Hall–Kier alpha value is 0.690. The van der Waals surface area contributed by atoms with E-state index in [9.17, 15) is 9.13 Å². The second-order valence-corrected chi connectivity index (χ2v) is 5.51. The van der Waals surface area contributed by atoms with Crippen molar-refractivity contribution in [3.05, 3.63) is 0 Å². The second kappa shape index (κ2) is 8.73. The summed E-state index contributed by atoms with van der Waals surface area (Å²) in [6, 6.07) is 0. The molecule has 0 aliphatic carbocycles. The molecule has 0 radical (unpaired) electrons. The Morgan fingerprint density at radius 1 is 0.938 bits per heavy atom. The molecule has 2 unspecified atom stereocenters. The molecule has 1 N–H and O–H groups in total. The van der Waals surface area contributed by atoms with Gasteiger partial charge in [0.05, 0.1) is 19.8 Å². The Kier molecular flexibility index (Phi) is 10.4. The van der Waals surface area contributed by atoms with E-state index in [1.54, 1.807) is 13.8 Å². The summed E-state index contributed by atoms with van der Waals surface area (Å²) >= 11 is 0. The van der Waals surface area contributed by atoms with Crippen LogP contribution in [0.15, 0.2) is 0 Å². The summed E-state index contributed by atoms with van der Waals surface area (Å²) in [5.41, 5.74) is 0. The molecule has 0 rings (SSSR count). The molecule has 0 amide bonds. The maximum atomic E-state index is 11.6. The molecular formula is C6H19O7P3. The van der Waals surface area contributed by atoms with Crippen molar-refractivity contribution in [3.8, 4) is 0 Å². The smallest absolute Gasteiger partial charge is 0.302 e. The summed E-state index contributed by atoms with van der Waals surface area (Å²) in [7, 11) is -8.40. The number of hydrogen-bond acceptors (Lipinski definition) is 6. The predicted octanol–water partition coefficient (Wildman–Crippen LogP) is 2.38. The Labute approximate surface area is 98.7 Å². The van der Waals surface area contributed by atoms with Crippen LogP contribution in [0.2, 0.25) is 0 Å². The minimum absolute atomic E-state index is 0. The third kappa shape index (κ3) is 7.88. The van der Waals surface area contributed by atoms with Gasteiger partial charge in [-0.1, -0.05) is 0 Å². The van der Waals surface area contributed by atoms with Gasteiger partial charge in [0, 0.05) is 0 Å². The van der Waals surface area contributed by atoms with Gasteiger partial charge in [0.25, 0.3) is 0 Å². The van der Waals surface area contributed by atoms with Crippen LogP contribution in [-0.4, -0.2) is 24.7 Å². The third-order valence-corrected chi connectivity index (χ3v) is 4.43. The van der Waals surface area contributed by atoms with E-state index in [0.29, 0.717) is 0 Å². The minimum atomic E-state index is -4.39. The van der Waals surface area contributed by atoms with Crippen LogP contribution in [-0.2, 0) is 27.0 Å². The highest BCUT2D eigenvalue weighted by atomic mass is 31.3. The molecule has 0 aromatic rings. The molecule has 0 aromatic heterocycles. The zero-order valence-electron chi connectivity index (χ0n) is 9.62. The van der Waals surface area contributed by atoms with Crippen LogP contribution in [0, 0.1) is 0 Å². The van der Waals surface area contributed by atoms with Crippen molar-refractivity contribution in [2.75, 3.05) is 19.8 Å². The first kappa shape index (κ1) is 19.0. The predicted molar refractivity (Wildman–Crippen MR) is 64.5 cm³/mol. The average Bonchev–Trinajstić information content (AvgIpc) is 2.02. The van der Waals surface area contributed by atoms with E-state index in [-0.39, 0.29) is 29.7 Å². The van der Waals surface area contributed by atoms with Gasteiger partial charge >= 0.3 is 15.6 Å². The molecule has 0 bridgehead atoms. The molecular weight excluding hydrogens is 277 g/mol. The standard InChI is InChI=1S/C6H16O7P2.H3P/c1-4-10-14(7,8)13-15(9,11-5-2)12-6-3;/h4-6H2,1-3H3,(H,7,8);1H3. The quantitative estimate of drug-likeness (QED) is 0.687. The van der Waals surface area contributed by atoms with Gasteiger partial charge < -0.3 is 4.89 Å². The van der Waals surface area contributed by atoms with E-state index in [4.69, 9.17) is 4.89 Å². The van der Waals surface area contributed by atoms with Crippen LogP contribution < -0.4 is 0 Å². The molecule has 100 valence electrons. The first-order valence-corrected chi connectivity index (χ1v) is 7.42. The van der Waals surface area contributed by atoms with Crippen LogP contribution in [0.5, 0.6) is 0 Å². The van der Waals surface area contributed by atoms with Crippen molar-refractivity contribution < 1.29 is 31.9 Å². The van der Waals surface area contributed by atoms with Crippen LogP contribution in [0.25, 0.3) is 0 Å². The lowest BCUT2D eigenvalue weighted by Gasteiger charge is -2.18. The lowest BCUT2D eigenvalue weighted by atomic mass is 10.9. The molecule has 0 fully saturated rings. The van der Waals surface area contributed by atoms with Crippen LogP contribution in [0.3, 0.4) is 0 Å². The molecule has 0 aliphatic heterocycles. The molecule has 2 atom stereocenters. The van der Waals surface area contributed by atoms with E-state index >= 15 is 0 Å². The number of rotatable bonds is 8. The van der Waals surface area contributed by atoms with Crippen LogP contribution in [0.4, 0.5) is 0 Å². The van der Waals surface area contributed by atoms with E-state index in [0.717, 1.165) is 0 Å². The highest BCUT2D eigenvalue weighted by Crippen LogP contribution is 2.63. The zero-order valence-corrected chi connectivity index (χ0v) is 12.8. The number of hydrogen-bond donors (Lipinski definition) is 1. The summed E-state index contributed by atoms with van der Waals surface area (Å²) in [5.74, 6) is 0.